The summed E-state index contributed by atoms with van der Waals surface area (Å²) in [5.41, 5.74) is 0. The summed E-state index contributed by atoms with van der Waals surface area (Å²) in [5, 5.41) is 15.0. The number of nitrogens with zero attached hydrogens (tertiary/aromatic N) is 1. The summed E-state index contributed by atoms with van der Waals surface area (Å²) in [7, 11) is 1.19. The summed E-state index contributed by atoms with van der Waals surface area (Å²) < 4.78 is 4.49. The van der Waals surface area contributed by atoms with Crippen LogP contribution >= 0.6 is 11.8 Å². The van der Waals surface area contributed by atoms with Crippen molar-refractivity contribution >= 4 is 35.6 Å². The predicted molar refractivity (Wildman–Crippen MR) is 90.2 cm³/mol. The van der Waals surface area contributed by atoms with Crippen molar-refractivity contribution < 1.29 is 29.0 Å². The third-order valence-electron chi connectivity index (χ3n) is 4.29. The number of thioether (sulfide) groups is 1. The summed E-state index contributed by atoms with van der Waals surface area (Å²) in [5.74, 6) is -1.30. The molecule has 3 unspecified atom stereocenters. The second-order valence-corrected chi connectivity index (χ2v) is 7.36. The van der Waals surface area contributed by atoms with Crippen molar-refractivity contribution in [2.75, 3.05) is 26.0 Å². The van der Waals surface area contributed by atoms with Crippen LogP contribution in [0.4, 0.5) is 4.79 Å². The highest BCUT2D eigenvalue weighted by molar-refractivity contribution is 8.00. The molecule has 0 aliphatic carbocycles. The van der Waals surface area contributed by atoms with Crippen LogP contribution in [-0.4, -0.2) is 77.2 Å². The summed E-state index contributed by atoms with van der Waals surface area (Å²) in [6, 6.07) is 0.189. The molecule has 2 fully saturated rings. The highest BCUT2D eigenvalue weighted by Crippen LogP contribution is 2.33. The van der Waals surface area contributed by atoms with Crippen LogP contribution in [0.3, 0.4) is 0 Å². The molecule has 0 radical (unpaired) electrons. The van der Waals surface area contributed by atoms with Crippen LogP contribution in [0.15, 0.2) is 0 Å². The molecule has 2 rings (SSSR count). The van der Waals surface area contributed by atoms with Crippen molar-refractivity contribution in [1.82, 2.24) is 15.5 Å². The number of rotatable bonds is 9. The summed E-state index contributed by atoms with van der Waals surface area (Å²) in [6.07, 6.45) is 2.45. The lowest BCUT2D eigenvalue weighted by molar-refractivity contribution is -0.150. The van der Waals surface area contributed by atoms with Gasteiger partial charge in [0.05, 0.1) is 19.2 Å². The van der Waals surface area contributed by atoms with Gasteiger partial charge in [-0.05, 0) is 12.8 Å². The van der Waals surface area contributed by atoms with Gasteiger partial charge in [-0.25, -0.2) is 4.79 Å². The molecule has 9 nitrogen and oxygen atoms in total. The molecule has 0 aromatic heterocycles. The second-order valence-electron chi connectivity index (χ2n) is 6.09. The van der Waals surface area contributed by atoms with Gasteiger partial charge in [-0.15, -0.1) is 0 Å². The molecule has 3 amide bonds. The Balaban J connectivity index is 1.72. The maximum absolute atomic E-state index is 12.1. The number of aliphatic carboxylic acids is 1. The first-order valence-corrected chi connectivity index (χ1v) is 9.20. The molecule has 0 aromatic carbocycles. The van der Waals surface area contributed by atoms with Gasteiger partial charge in [0.2, 0.25) is 5.91 Å². The first-order chi connectivity index (χ1) is 11.9. The summed E-state index contributed by atoms with van der Waals surface area (Å²) in [4.78, 5) is 46.6. The zero-order valence-electron chi connectivity index (χ0n) is 14.0. The number of nitrogens with one attached hydrogen (secondary N) is 2. The van der Waals surface area contributed by atoms with E-state index < -0.39 is 18.5 Å². The molecule has 2 aliphatic heterocycles. The first kappa shape index (κ1) is 19.4. The molecule has 2 aliphatic rings. The van der Waals surface area contributed by atoms with E-state index in [0.29, 0.717) is 11.7 Å². The van der Waals surface area contributed by atoms with Gasteiger partial charge < -0.3 is 25.4 Å². The van der Waals surface area contributed by atoms with E-state index in [9.17, 15) is 19.2 Å². The normalized spacial score (nSPS) is 24.2. The monoisotopic (exact) mass is 373 g/mol. The number of carboxylic acid groups (broad SMARTS) is 1. The number of ether oxygens (including phenoxy) is 1. The Morgan fingerprint density at radius 3 is 2.72 bits per heavy atom. The van der Waals surface area contributed by atoms with E-state index in [0.717, 1.165) is 23.5 Å². The van der Waals surface area contributed by atoms with Gasteiger partial charge in [0.1, 0.15) is 13.1 Å². The minimum absolute atomic E-state index is 0.123. The zero-order chi connectivity index (χ0) is 18.4. The van der Waals surface area contributed by atoms with Gasteiger partial charge in [-0.3, -0.25) is 14.4 Å². The largest absolute Gasteiger partial charge is 0.480 e. The quantitative estimate of drug-likeness (QED) is 0.290. The number of carbonyl (C=O) groups excluding carboxylic acids is 3. The highest BCUT2D eigenvalue weighted by atomic mass is 32.2. The van der Waals surface area contributed by atoms with Crippen LogP contribution in [0.1, 0.15) is 25.7 Å². The molecule has 140 valence electrons. The molecule has 2 heterocycles. The Kier molecular flexibility index (Phi) is 6.91. The zero-order valence-corrected chi connectivity index (χ0v) is 14.8. The van der Waals surface area contributed by atoms with Crippen molar-refractivity contribution in [3.05, 3.63) is 0 Å². The number of methoxy groups -OCH3 is 1. The first-order valence-electron chi connectivity index (χ1n) is 8.15. The average molecular weight is 373 g/mol. The van der Waals surface area contributed by atoms with Crippen LogP contribution in [0.2, 0.25) is 0 Å². The average Bonchev–Trinajstić information content (AvgIpc) is 3.09. The molecule has 25 heavy (non-hydrogen) atoms. The van der Waals surface area contributed by atoms with Crippen LogP contribution in [-0.2, 0) is 19.1 Å². The molecule has 0 spiro atoms. The van der Waals surface area contributed by atoms with Gasteiger partial charge in [0.15, 0.2) is 0 Å². The number of urea groups is 1. The van der Waals surface area contributed by atoms with Gasteiger partial charge in [0, 0.05) is 17.4 Å². The number of carbonyl (C=O) groups is 4. The van der Waals surface area contributed by atoms with Crippen molar-refractivity contribution in [2.24, 2.45) is 0 Å². The molecule has 0 bridgehead atoms. The fourth-order valence-corrected chi connectivity index (χ4v) is 4.58. The number of unbranched alkanes of at least 4 members (excludes halogenated alkanes) is 1. The molecule has 10 heteroatoms. The van der Waals surface area contributed by atoms with E-state index in [1.807, 2.05) is 11.8 Å². The third-order valence-corrected chi connectivity index (χ3v) is 5.80. The van der Waals surface area contributed by atoms with Crippen molar-refractivity contribution in [3.63, 3.8) is 0 Å². The fraction of sp³-hybridized carbons (Fsp3) is 0.733. The second kappa shape index (κ2) is 8.93. The van der Waals surface area contributed by atoms with Crippen molar-refractivity contribution in [3.8, 4) is 0 Å². The smallest absolute Gasteiger partial charge is 0.325 e. The lowest BCUT2D eigenvalue weighted by atomic mass is 10.0. The highest BCUT2D eigenvalue weighted by Gasteiger charge is 2.42. The Hall–Kier alpha value is -1.97. The topological polar surface area (TPSA) is 125 Å². The Labute approximate surface area is 149 Å². The molecule has 0 saturated carbocycles. The SMILES string of the molecule is COC(=O)CN(CC(=O)O)C(=O)CCCCC1SCC2NC(=O)NC21. The Morgan fingerprint density at radius 1 is 1.28 bits per heavy atom. The lowest BCUT2D eigenvalue weighted by Crippen LogP contribution is -2.39. The summed E-state index contributed by atoms with van der Waals surface area (Å²) in [6.45, 7) is -0.880. The van der Waals surface area contributed by atoms with Crippen LogP contribution < -0.4 is 10.6 Å². The van der Waals surface area contributed by atoms with E-state index in [-0.39, 0.29) is 37.0 Å². The van der Waals surface area contributed by atoms with Crippen LogP contribution in [0.5, 0.6) is 0 Å². The fourth-order valence-electron chi connectivity index (χ4n) is 3.04. The molecule has 3 N–H and O–H groups in total. The van der Waals surface area contributed by atoms with E-state index >= 15 is 0 Å². The van der Waals surface area contributed by atoms with Gasteiger partial charge in [0.25, 0.3) is 0 Å². The molecule has 2 saturated heterocycles. The standard InChI is InChI=1S/C15H23N3O6S/c1-24-13(22)7-18(6-12(20)21)11(19)5-3-2-4-10-14-9(8-25-10)16-15(23)17-14/h9-10,14H,2-8H2,1H3,(H,20,21)(H2,16,17,23). The summed E-state index contributed by atoms with van der Waals surface area (Å²) >= 11 is 1.81. The number of hydrogen-bond acceptors (Lipinski definition) is 6. The number of hydrogen-bond donors (Lipinski definition) is 3. The van der Waals surface area contributed by atoms with Gasteiger partial charge in [-0.2, -0.15) is 11.8 Å². The van der Waals surface area contributed by atoms with E-state index in [1.165, 1.54) is 7.11 Å². The van der Waals surface area contributed by atoms with Crippen LogP contribution in [0, 0.1) is 0 Å². The van der Waals surface area contributed by atoms with E-state index in [2.05, 4.69) is 15.4 Å². The third kappa shape index (κ3) is 5.52. The molecular weight excluding hydrogens is 350 g/mol. The van der Waals surface area contributed by atoms with E-state index in [4.69, 9.17) is 5.11 Å². The minimum Gasteiger partial charge on any atom is -0.480 e. The van der Waals surface area contributed by atoms with Gasteiger partial charge >= 0.3 is 18.0 Å². The number of esters is 1. The lowest BCUT2D eigenvalue weighted by Gasteiger charge is -2.20. The molecule has 3 atom stereocenters. The maximum atomic E-state index is 12.1. The van der Waals surface area contributed by atoms with Crippen LogP contribution in [0.25, 0.3) is 0 Å². The number of carboxylic acids is 1. The Morgan fingerprint density at radius 2 is 2.04 bits per heavy atom. The maximum Gasteiger partial charge on any atom is 0.325 e. The number of amides is 3. The van der Waals surface area contributed by atoms with Crippen molar-refractivity contribution in [2.45, 2.75) is 43.0 Å². The van der Waals surface area contributed by atoms with Gasteiger partial charge in [-0.1, -0.05) is 6.42 Å². The number of fused-ring (bicyclic) bond motifs is 1. The van der Waals surface area contributed by atoms with Crippen molar-refractivity contribution in [1.29, 1.82) is 0 Å². The van der Waals surface area contributed by atoms with E-state index in [1.54, 1.807) is 0 Å². The predicted octanol–water partition coefficient (Wildman–Crippen LogP) is -0.202. The molecule has 0 aromatic rings. The molecular formula is C15H23N3O6S. The minimum atomic E-state index is -1.17. The Bertz CT molecular complexity index is 543.